The van der Waals surface area contributed by atoms with Crippen LogP contribution in [0.5, 0.6) is 0 Å². The molecule has 1 atom stereocenters. The van der Waals surface area contributed by atoms with Crippen molar-refractivity contribution in [2.24, 2.45) is 5.73 Å². The summed E-state index contributed by atoms with van der Waals surface area (Å²) in [5.41, 5.74) is 4.86. The van der Waals surface area contributed by atoms with E-state index in [0.29, 0.717) is 6.54 Å². The number of hydrogen-bond acceptors (Lipinski definition) is 4. The third-order valence-electron chi connectivity index (χ3n) is 2.27. The predicted octanol–water partition coefficient (Wildman–Crippen LogP) is 0.295. The smallest absolute Gasteiger partial charge is 0.318 e. The topological polar surface area (TPSA) is 88.6 Å². The molecule has 0 saturated heterocycles. The Balaban J connectivity index is 2.50. The van der Waals surface area contributed by atoms with Gasteiger partial charge in [-0.1, -0.05) is 0 Å². The van der Waals surface area contributed by atoms with Crippen molar-refractivity contribution in [3.8, 4) is 0 Å². The standard InChI is InChI=1S/C10H15N3O3/c1-7(9(14)12-10(11)15)13(2)6-8-4-3-5-16-8/h3-5,7H,6H2,1-2H3,(H3,11,12,14,15)/t7-/m1/s1. The zero-order chi connectivity index (χ0) is 12.1. The van der Waals surface area contributed by atoms with Crippen molar-refractivity contribution < 1.29 is 14.0 Å². The molecule has 0 aliphatic rings. The average Bonchev–Trinajstić information content (AvgIpc) is 2.68. The Labute approximate surface area is 93.4 Å². The van der Waals surface area contributed by atoms with E-state index >= 15 is 0 Å². The monoisotopic (exact) mass is 225 g/mol. The van der Waals surface area contributed by atoms with Crippen molar-refractivity contribution in [1.82, 2.24) is 10.2 Å². The van der Waals surface area contributed by atoms with Gasteiger partial charge in [0.1, 0.15) is 5.76 Å². The first kappa shape index (κ1) is 12.3. The summed E-state index contributed by atoms with van der Waals surface area (Å²) in [5, 5.41) is 2.03. The lowest BCUT2D eigenvalue weighted by Crippen LogP contribution is -2.46. The molecule has 0 aliphatic heterocycles. The Morgan fingerprint density at radius 3 is 2.81 bits per heavy atom. The van der Waals surface area contributed by atoms with Crippen LogP contribution in [0.1, 0.15) is 12.7 Å². The van der Waals surface area contributed by atoms with Gasteiger partial charge in [-0.15, -0.1) is 0 Å². The summed E-state index contributed by atoms with van der Waals surface area (Å²) in [7, 11) is 1.76. The molecule has 0 spiro atoms. The van der Waals surface area contributed by atoms with E-state index in [1.165, 1.54) is 0 Å². The van der Waals surface area contributed by atoms with E-state index in [1.54, 1.807) is 31.2 Å². The second-order valence-corrected chi connectivity index (χ2v) is 3.52. The maximum absolute atomic E-state index is 11.4. The van der Waals surface area contributed by atoms with Gasteiger partial charge in [0, 0.05) is 0 Å². The Bertz CT molecular complexity index is 361. The van der Waals surface area contributed by atoms with Gasteiger partial charge in [-0.05, 0) is 26.1 Å². The summed E-state index contributed by atoms with van der Waals surface area (Å²) in [6, 6.07) is 2.29. The van der Waals surface area contributed by atoms with Gasteiger partial charge in [0.2, 0.25) is 5.91 Å². The SMILES string of the molecule is C[C@H](C(=O)NC(N)=O)N(C)Cc1ccco1. The highest BCUT2D eigenvalue weighted by atomic mass is 16.3. The summed E-state index contributed by atoms with van der Waals surface area (Å²) in [6.45, 7) is 2.17. The molecule has 1 rings (SSSR count). The Kier molecular flexibility index (Phi) is 4.07. The van der Waals surface area contributed by atoms with E-state index in [4.69, 9.17) is 10.2 Å². The van der Waals surface area contributed by atoms with Crippen LogP contribution in [0.4, 0.5) is 4.79 Å². The normalized spacial score (nSPS) is 12.4. The number of carbonyl (C=O) groups excluding carboxylic acids is 2. The van der Waals surface area contributed by atoms with Crippen molar-refractivity contribution in [2.45, 2.75) is 19.5 Å². The number of urea groups is 1. The van der Waals surface area contributed by atoms with E-state index in [-0.39, 0.29) is 0 Å². The first-order valence-corrected chi connectivity index (χ1v) is 4.83. The molecule has 0 radical (unpaired) electrons. The highest BCUT2D eigenvalue weighted by Crippen LogP contribution is 2.06. The van der Waals surface area contributed by atoms with Crippen molar-refractivity contribution in [2.75, 3.05) is 7.05 Å². The van der Waals surface area contributed by atoms with E-state index < -0.39 is 18.0 Å². The predicted molar refractivity (Wildman–Crippen MR) is 57.4 cm³/mol. The molecular weight excluding hydrogens is 210 g/mol. The van der Waals surface area contributed by atoms with E-state index in [9.17, 15) is 9.59 Å². The first-order chi connectivity index (χ1) is 7.50. The average molecular weight is 225 g/mol. The van der Waals surface area contributed by atoms with Crippen LogP contribution in [-0.4, -0.2) is 29.9 Å². The minimum atomic E-state index is -0.844. The minimum Gasteiger partial charge on any atom is -0.468 e. The van der Waals surface area contributed by atoms with Crippen LogP contribution in [0.2, 0.25) is 0 Å². The lowest BCUT2D eigenvalue weighted by Gasteiger charge is -2.21. The third kappa shape index (κ3) is 3.39. The molecule has 6 heteroatoms. The van der Waals surface area contributed by atoms with Gasteiger partial charge < -0.3 is 10.2 Å². The maximum Gasteiger partial charge on any atom is 0.318 e. The van der Waals surface area contributed by atoms with Crippen LogP contribution >= 0.6 is 0 Å². The maximum atomic E-state index is 11.4. The van der Waals surface area contributed by atoms with Crippen molar-refractivity contribution >= 4 is 11.9 Å². The molecule has 6 nitrogen and oxygen atoms in total. The van der Waals surface area contributed by atoms with Gasteiger partial charge in [0.15, 0.2) is 0 Å². The quantitative estimate of drug-likeness (QED) is 0.771. The highest BCUT2D eigenvalue weighted by molar-refractivity contribution is 5.96. The van der Waals surface area contributed by atoms with Crippen LogP contribution in [-0.2, 0) is 11.3 Å². The van der Waals surface area contributed by atoms with Gasteiger partial charge in [-0.2, -0.15) is 0 Å². The summed E-state index contributed by atoms with van der Waals surface area (Å²) >= 11 is 0. The molecule has 0 saturated carbocycles. The number of imide groups is 1. The van der Waals surface area contributed by atoms with E-state index in [0.717, 1.165) is 5.76 Å². The number of hydrogen-bond donors (Lipinski definition) is 2. The fourth-order valence-electron chi connectivity index (χ4n) is 1.21. The van der Waals surface area contributed by atoms with Gasteiger partial charge in [-0.25, -0.2) is 4.79 Å². The van der Waals surface area contributed by atoms with Gasteiger partial charge >= 0.3 is 6.03 Å². The van der Waals surface area contributed by atoms with Crippen LogP contribution in [0.3, 0.4) is 0 Å². The summed E-state index contributed by atoms with van der Waals surface area (Å²) < 4.78 is 5.15. The van der Waals surface area contributed by atoms with Crippen LogP contribution in [0.15, 0.2) is 22.8 Å². The molecule has 0 aliphatic carbocycles. The molecule has 16 heavy (non-hydrogen) atoms. The molecule has 88 valence electrons. The second-order valence-electron chi connectivity index (χ2n) is 3.52. The first-order valence-electron chi connectivity index (χ1n) is 4.83. The molecule has 0 unspecified atom stereocenters. The fraction of sp³-hybridized carbons (Fsp3) is 0.400. The number of nitrogens with two attached hydrogens (primary N) is 1. The Morgan fingerprint density at radius 2 is 2.31 bits per heavy atom. The molecule has 0 aromatic carbocycles. The Hall–Kier alpha value is -1.82. The number of carbonyl (C=O) groups is 2. The van der Waals surface area contributed by atoms with Crippen LogP contribution in [0.25, 0.3) is 0 Å². The number of amides is 3. The molecule has 0 bridgehead atoms. The zero-order valence-electron chi connectivity index (χ0n) is 9.27. The van der Waals surface area contributed by atoms with Crippen LogP contribution in [0, 0.1) is 0 Å². The highest BCUT2D eigenvalue weighted by Gasteiger charge is 2.19. The van der Waals surface area contributed by atoms with E-state index in [2.05, 4.69) is 0 Å². The Morgan fingerprint density at radius 1 is 1.62 bits per heavy atom. The number of furan rings is 1. The minimum absolute atomic E-state index is 0.429. The van der Waals surface area contributed by atoms with Gasteiger partial charge in [0.05, 0.1) is 18.8 Å². The van der Waals surface area contributed by atoms with Gasteiger partial charge in [-0.3, -0.25) is 15.0 Å². The molecule has 3 N–H and O–H groups in total. The second kappa shape index (κ2) is 5.32. The number of primary amides is 1. The van der Waals surface area contributed by atoms with Crippen molar-refractivity contribution in [3.05, 3.63) is 24.2 Å². The largest absolute Gasteiger partial charge is 0.468 e. The lowest BCUT2D eigenvalue weighted by atomic mass is 10.2. The summed E-state index contributed by atoms with van der Waals surface area (Å²) in [6.07, 6.45) is 1.57. The summed E-state index contributed by atoms with van der Waals surface area (Å²) in [4.78, 5) is 23.7. The number of nitrogens with one attached hydrogen (secondary N) is 1. The molecule has 1 aromatic rings. The third-order valence-corrected chi connectivity index (χ3v) is 2.27. The molecule has 1 heterocycles. The number of nitrogens with zero attached hydrogens (tertiary/aromatic N) is 1. The van der Waals surface area contributed by atoms with Gasteiger partial charge in [0.25, 0.3) is 0 Å². The fourth-order valence-corrected chi connectivity index (χ4v) is 1.21. The van der Waals surface area contributed by atoms with E-state index in [1.807, 2.05) is 11.4 Å². The number of likely N-dealkylation sites (N-methyl/N-ethyl adjacent to an activating group) is 1. The molecule has 1 aromatic heterocycles. The van der Waals surface area contributed by atoms with Crippen LogP contribution < -0.4 is 11.1 Å². The van der Waals surface area contributed by atoms with Crippen molar-refractivity contribution in [1.29, 1.82) is 0 Å². The molecule has 3 amide bonds. The lowest BCUT2D eigenvalue weighted by molar-refractivity contribution is -0.124. The molecular formula is C10H15N3O3. The summed E-state index contributed by atoms with van der Waals surface area (Å²) in [5.74, 6) is 0.322. The zero-order valence-corrected chi connectivity index (χ0v) is 9.27. The number of rotatable bonds is 4. The molecule has 0 fully saturated rings. The van der Waals surface area contributed by atoms with Crippen molar-refractivity contribution in [3.63, 3.8) is 0 Å².